The molecule has 3 aromatic rings. The van der Waals surface area contributed by atoms with Crippen LogP contribution in [0.15, 0.2) is 48.5 Å². The number of anilines is 3. The molecule has 0 saturated carbocycles. The molecule has 1 amide bonds. The van der Waals surface area contributed by atoms with Gasteiger partial charge in [0.1, 0.15) is 23.1 Å². The molecule has 0 aliphatic carbocycles. The van der Waals surface area contributed by atoms with Crippen molar-refractivity contribution in [3.63, 3.8) is 0 Å². The van der Waals surface area contributed by atoms with Gasteiger partial charge < -0.3 is 15.4 Å². The van der Waals surface area contributed by atoms with Crippen molar-refractivity contribution in [2.75, 3.05) is 17.7 Å². The number of rotatable bonds is 5. The maximum Gasteiger partial charge on any atom is 0.274 e. The number of aromatic nitrogens is 2. The maximum absolute atomic E-state index is 12.6. The highest BCUT2D eigenvalue weighted by Crippen LogP contribution is 2.24. The second-order valence-electron chi connectivity index (χ2n) is 5.96. The number of hydrogen-bond acceptors (Lipinski definition) is 5. The van der Waals surface area contributed by atoms with Crippen LogP contribution >= 0.6 is 11.6 Å². The molecule has 6 nitrogen and oxygen atoms in total. The molecule has 1 heterocycles. The van der Waals surface area contributed by atoms with E-state index in [1.54, 1.807) is 44.4 Å². The highest BCUT2D eigenvalue weighted by atomic mass is 35.5. The van der Waals surface area contributed by atoms with Gasteiger partial charge in [-0.1, -0.05) is 23.7 Å². The lowest BCUT2D eigenvalue weighted by Crippen LogP contribution is -2.15. The predicted octanol–water partition coefficient (Wildman–Crippen LogP) is 4.75. The zero-order valence-electron chi connectivity index (χ0n) is 15.2. The van der Waals surface area contributed by atoms with E-state index in [1.165, 1.54) is 0 Å². The number of hydrogen-bond donors (Lipinski definition) is 2. The smallest absolute Gasteiger partial charge is 0.274 e. The molecule has 1 aromatic heterocycles. The van der Waals surface area contributed by atoms with Crippen molar-refractivity contribution >= 4 is 34.7 Å². The molecule has 2 aromatic carbocycles. The van der Waals surface area contributed by atoms with Gasteiger partial charge in [-0.25, -0.2) is 9.97 Å². The third kappa shape index (κ3) is 4.74. The van der Waals surface area contributed by atoms with Crippen LogP contribution < -0.4 is 15.4 Å². The molecular formula is C20H19ClN4O2. The van der Waals surface area contributed by atoms with E-state index in [2.05, 4.69) is 20.6 Å². The molecule has 0 aliphatic rings. The van der Waals surface area contributed by atoms with Gasteiger partial charge in [0, 0.05) is 28.5 Å². The van der Waals surface area contributed by atoms with Crippen LogP contribution in [-0.4, -0.2) is 23.0 Å². The Hall–Kier alpha value is -3.12. The van der Waals surface area contributed by atoms with Gasteiger partial charge in [0.2, 0.25) is 0 Å². The van der Waals surface area contributed by atoms with E-state index >= 15 is 0 Å². The zero-order chi connectivity index (χ0) is 19.4. The van der Waals surface area contributed by atoms with Crippen LogP contribution in [0.4, 0.5) is 17.2 Å². The Morgan fingerprint density at radius 3 is 2.67 bits per heavy atom. The SMILES string of the molecule is COc1cccc(NC(=O)c2cc(Nc3cc(Cl)ccc3C)nc(C)n2)c1. The van der Waals surface area contributed by atoms with Crippen molar-refractivity contribution < 1.29 is 9.53 Å². The van der Waals surface area contributed by atoms with Crippen LogP contribution in [0.1, 0.15) is 21.9 Å². The summed E-state index contributed by atoms with van der Waals surface area (Å²) in [5.74, 6) is 1.32. The summed E-state index contributed by atoms with van der Waals surface area (Å²) in [5, 5.41) is 6.62. The Morgan fingerprint density at radius 1 is 1.07 bits per heavy atom. The topological polar surface area (TPSA) is 76.1 Å². The monoisotopic (exact) mass is 382 g/mol. The molecule has 0 bridgehead atoms. The number of amides is 1. The predicted molar refractivity (Wildman–Crippen MR) is 107 cm³/mol. The molecule has 0 saturated heterocycles. The van der Waals surface area contributed by atoms with E-state index in [0.29, 0.717) is 28.1 Å². The van der Waals surface area contributed by atoms with Crippen LogP contribution in [-0.2, 0) is 0 Å². The number of ether oxygens (including phenoxy) is 1. The number of methoxy groups -OCH3 is 1. The molecule has 7 heteroatoms. The molecule has 138 valence electrons. The first kappa shape index (κ1) is 18.7. The molecule has 3 rings (SSSR count). The molecule has 27 heavy (non-hydrogen) atoms. The minimum Gasteiger partial charge on any atom is -0.497 e. The molecule has 0 aliphatic heterocycles. The molecule has 0 atom stereocenters. The summed E-state index contributed by atoms with van der Waals surface area (Å²) in [4.78, 5) is 21.2. The average molecular weight is 383 g/mol. The fraction of sp³-hybridized carbons (Fsp3) is 0.150. The summed E-state index contributed by atoms with van der Waals surface area (Å²) in [6.07, 6.45) is 0. The fourth-order valence-electron chi connectivity index (χ4n) is 2.51. The van der Waals surface area contributed by atoms with Crippen LogP contribution in [0.5, 0.6) is 5.75 Å². The quantitative estimate of drug-likeness (QED) is 0.665. The van der Waals surface area contributed by atoms with Gasteiger partial charge in [-0.3, -0.25) is 4.79 Å². The van der Waals surface area contributed by atoms with Crippen LogP contribution in [0.25, 0.3) is 0 Å². The highest BCUT2D eigenvalue weighted by molar-refractivity contribution is 6.30. The summed E-state index contributed by atoms with van der Waals surface area (Å²) >= 11 is 6.06. The van der Waals surface area contributed by atoms with Gasteiger partial charge in [-0.2, -0.15) is 0 Å². The second kappa shape index (κ2) is 8.05. The van der Waals surface area contributed by atoms with E-state index in [0.717, 1.165) is 11.3 Å². The number of aryl methyl sites for hydroxylation is 2. The van der Waals surface area contributed by atoms with Gasteiger partial charge in [-0.05, 0) is 43.7 Å². The molecule has 0 unspecified atom stereocenters. The van der Waals surface area contributed by atoms with E-state index < -0.39 is 0 Å². The van der Waals surface area contributed by atoms with Crippen molar-refractivity contribution in [2.24, 2.45) is 0 Å². The Balaban J connectivity index is 1.84. The van der Waals surface area contributed by atoms with Gasteiger partial charge in [-0.15, -0.1) is 0 Å². The van der Waals surface area contributed by atoms with Crippen molar-refractivity contribution in [1.29, 1.82) is 0 Å². The Morgan fingerprint density at radius 2 is 1.89 bits per heavy atom. The molecule has 0 spiro atoms. The lowest BCUT2D eigenvalue weighted by Gasteiger charge is -2.11. The molecule has 0 fully saturated rings. The molecule has 0 radical (unpaired) electrons. The van der Waals surface area contributed by atoms with Gasteiger partial charge >= 0.3 is 0 Å². The Kier molecular flexibility index (Phi) is 5.57. The number of carbonyl (C=O) groups is 1. The van der Waals surface area contributed by atoms with E-state index in [9.17, 15) is 4.79 Å². The molecule has 2 N–H and O–H groups in total. The Bertz CT molecular complexity index is 991. The standard InChI is InChI=1S/C20H19ClN4O2/c1-12-7-8-14(21)9-17(12)25-19-11-18(22-13(2)23-19)20(26)24-15-5-4-6-16(10-15)27-3/h4-11H,1-3H3,(H,24,26)(H,22,23,25). The van der Waals surface area contributed by atoms with Crippen molar-refractivity contribution in [3.05, 3.63) is 70.6 Å². The van der Waals surface area contributed by atoms with Crippen LogP contribution in [0.2, 0.25) is 5.02 Å². The summed E-state index contributed by atoms with van der Waals surface area (Å²) in [6.45, 7) is 3.70. The van der Waals surface area contributed by atoms with Crippen LogP contribution in [0.3, 0.4) is 0 Å². The third-order valence-corrected chi connectivity index (χ3v) is 4.10. The summed E-state index contributed by atoms with van der Waals surface area (Å²) < 4.78 is 5.17. The molecular weight excluding hydrogens is 364 g/mol. The van der Waals surface area contributed by atoms with Gasteiger partial charge in [0.15, 0.2) is 0 Å². The highest BCUT2D eigenvalue weighted by Gasteiger charge is 2.12. The van der Waals surface area contributed by atoms with Crippen molar-refractivity contribution in [2.45, 2.75) is 13.8 Å². The normalized spacial score (nSPS) is 10.4. The van der Waals surface area contributed by atoms with E-state index in [4.69, 9.17) is 16.3 Å². The van der Waals surface area contributed by atoms with Gasteiger partial charge in [0.25, 0.3) is 5.91 Å². The first-order valence-electron chi connectivity index (χ1n) is 8.29. The number of benzene rings is 2. The maximum atomic E-state index is 12.6. The van der Waals surface area contributed by atoms with E-state index in [-0.39, 0.29) is 11.6 Å². The lowest BCUT2D eigenvalue weighted by molar-refractivity contribution is 0.102. The third-order valence-electron chi connectivity index (χ3n) is 3.86. The zero-order valence-corrected chi connectivity index (χ0v) is 16.0. The summed E-state index contributed by atoms with van der Waals surface area (Å²) in [7, 11) is 1.57. The van der Waals surface area contributed by atoms with Crippen LogP contribution in [0, 0.1) is 13.8 Å². The fourth-order valence-corrected chi connectivity index (χ4v) is 2.68. The largest absolute Gasteiger partial charge is 0.497 e. The van der Waals surface area contributed by atoms with Crippen molar-refractivity contribution in [1.82, 2.24) is 9.97 Å². The Labute approximate surface area is 162 Å². The first-order valence-corrected chi connectivity index (χ1v) is 8.66. The lowest BCUT2D eigenvalue weighted by atomic mass is 10.2. The minimum absolute atomic E-state index is 0.257. The number of carbonyl (C=O) groups excluding carboxylic acids is 1. The van der Waals surface area contributed by atoms with E-state index in [1.807, 2.05) is 25.1 Å². The average Bonchev–Trinajstić information content (AvgIpc) is 2.64. The van der Waals surface area contributed by atoms with Gasteiger partial charge in [0.05, 0.1) is 7.11 Å². The number of nitrogens with one attached hydrogen (secondary N) is 2. The first-order chi connectivity index (χ1) is 12.9. The number of halogens is 1. The van der Waals surface area contributed by atoms with Crippen molar-refractivity contribution in [3.8, 4) is 5.75 Å². The summed E-state index contributed by atoms with van der Waals surface area (Å²) in [5.41, 5.74) is 2.71. The minimum atomic E-state index is -0.334. The summed E-state index contributed by atoms with van der Waals surface area (Å²) in [6, 6.07) is 14.3. The number of nitrogens with zero attached hydrogens (tertiary/aromatic N) is 2. The second-order valence-corrected chi connectivity index (χ2v) is 6.39.